The first-order valence-electron chi connectivity index (χ1n) is 9.62. The Morgan fingerprint density at radius 1 is 1.30 bits per heavy atom. The van der Waals surface area contributed by atoms with E-state index >= 15 is 0 Å². The van der Waals surface area contributed by atoms with E-state index in [-0.39, 0.29) is 11.9 Å². The summed E-state index contributed by atoms with van der Waals surface area (Å²) in [6.07, 6.45) is 4.79. The molecule has 2 aromatic heterocycles. The maximum Gasteiger partial charge on any atom is 0.223 e. The van der Waals surface area contributed by atoms with E-state index in [1.54, 1.807) is 11.0 Å². The molecule has 1 aliphatic rings. The van der Waals surface area contributed by atoms with Crippen molar-refractivity contribution in [3.05, 3.63) is 36.4 Å². The third-order valence-electron chi connectivity index (χ3n) is 5.18. The number of rotatable bonds is 6. The molecule has 8 nitrogen and oxygen atoms in total. The van der Waals surface area contributed by atoms with Gasteiger partial charge in [0.15, 0.2) is 0 Å². The van der Waals surface area contributed by atoms with E-state index in [0.717, 1.165) is 42.7 Å². The molecule has 0 aliphatic carbocycles. The fourth-order valence-corrected chi connectivity index (χ4v) is 3.99. The molecule has 1 saturated heterocycles. The number of para-hydroxylation sites is 2. The topological polar surface area (TPSA) is 81.7 Å². The Kier molecular flexibility index (Phi) is 4.87. The Bertz CT molecular complexity index is 915. The molecule has 0 saturated carbocycles. The highest BCUT2D eigenvalue weighted by atomic mass is 16.2. The SMILES string of the molecule is CC(C)n1c([C@@H]2CCCN2C(=O)CCCn2cnnn2)nc2ccccc21. The summed E-state index contributed by atoms with van der Waals surface area (Å²) in [5, 5.41) is 11.1. The molecule has 3 heterocycles. The highest BCUT2D eigenvalue weighted by molar-refractivity contribution is 5.78. The van der Waals surface area contributed by atoms with E-state index in [1.165, 1.54) is 0 Å². The lowest BCUT2D eigenvalue weighted by Crippen LogP contribution is -2.32. The summed E-state index contributed by atoms with van der Waals surface area (Å²) in [7, 11) is 0. The minimum Gasteiger partial charge on any atom is -0.333 e. The lowest BCUT2D eigenvalue weighted by Gasteiger charge is -2.26. The van der Waals surface area contributed by atoms with Crippen LogP contribution in [0.5, 0.6) is 0 Å². The quantitative estimate of drug-likeness (QED) is 0.669. The maximum absolute atomic E-state index is 12.9. The van der Waals surface area contributed by atoms with Crippen molar-refractivity contribution in [2.24, 2.45) is 0 Å². The number of amides is 1. The number of likely N-dealkylation sites (tertiary alicyclic amines) is 1. The molecule has 0 unspecified atom stereocenters. The van der Waals surface area contributed by atoms with Crippen LogP contribution in [0.15, 0.2) is 30.6 Å². The van der Waals surface area contributed by atoms with E-state index in [9.17, 15) is 4.79 Å². The van der Waals surface area contributed by atoms with Gasteiger partial charge in [0, 0.05) is 25.6 Å². The van der Waals surface area contributed by atoms with Crippen molar-refractivity contribution in [2.45, 2.75) is 58.2 Å². The van der Waals surface area contributed by atoms with Gasteiger partial charge in [-0.05, 0) is 55.7 Å². The first kappa shape index (κ1) is 17.6. The molecule has 1 fully saturated rings. The van der Waals surface area contributed by atoms with Crippen molar-refractivity contribution < 1.29 is 4.79 Å². The van der Waals surface area contributed by atoms with E-state index in [0.29, 0.717) is 19.0 Å². The molecule has 0 spiro atoms. The molecular weight excluding hydrogens is 342 g/mol. The van der Waals surface area contributed by atoms with Crippen molar-refractivity contribution in [3.8, 4) is 0 Å². The summed E-state index contributed by atoms with van der Waals surface area (Å²) < 4.78 is 3.94. The first-order chi connectivity index (χ1) is 13.1. The van der Waals surface area contributed by atoms with Crippen LogP contribution in [0.4, 0.5) is 0 Å². The van der Waals surface area contributed by atoms with Crippen LogP contribution >= 0.6 is 0 Å². The highest BCUT2D eigenvalue weighted by Gasteiger charge is 2.33. The third kappa shape index (κ3) is 3.43. The Labute approximate surface area is 158 Å². The minimum atomic E-state index is 0.0559. The average molecular weight is 367 g/mol. The van der Waals surface area contributed by atoms with Gasteiger partial charge in [-0.1, -0.05) is 12.1 Å². The van der Waals surface area contributed by atoms with Gasteiger partial charge in [-0.25, -0.2) is 9.67 Å². The molecule has 0 radical (unpaired) electrons. The first-order valence-corrected chi connectivity index (χ1v) is 9.62. The number of hydrogen-bond donors (Lipinski definition) is 0. The number of tetrazole rings is 1. The molecular formula is C19H25N7O. The Hall–Kier alpha value is -2.77. The fourth-order valence-electron chi connectivity index (χ4n) is 3.99. The standard InChI is InChI=1S/C19H25N7O/c1-14(2)26-16-8-4-3-7-15(16)21-19(26)17-9-5-12-25(17)18(27)10-6-11-24-13-20-22-23-24/h3-4,7-8,13-14,17H,5-6,9-12H2,1-2H3/t17-/m0/s1. The Balaban J connectivity index is 1.53. The molecule has 4 rings (SSSR count). The van der Waals surface area contributed by atoms with Crippen molar-refractivity contribution in [2.75, 3.05) is 6.54 Å². The Morgan fingerprint density at radius 2 is 2.15 bits per heavy atom. The number of carbonyl (C=O) groups is 1. The molecule has 0 bridgehead atoms. The number of benzene rings is 1. The van der Waals surface area contributed by atoms with Crippen LogP contribution in [0.2, 0.25) is 0 Å². The van der Waals surface area contributed by atoms with Crippen LogP contribution in [0.1, 0.15) is 57.4 Å². The lowest BCUT2D eigenvalue weighted by atomic mass is 10.1. The number of nitrogens with zero attached hydrogens (tertiary/aromatic N) is 7. The van der Waals surface area contributed by atoms with Crippen LogP contribution < -0.4 is 0 Å². The van der Waals surface area contributed by atoms with Gasteiger partial charge in [-0.3, -0.25) is 4.79 Å². The molecule has 1 amide bonds. The van der Waals surface area contributed by atoms with Crippen LogP contribution in [0, 0.1) is 0 Å². The zero-order chi connectivity index (χ0) is 18.8. The number of carbonyl (C=O) groups excluding carboxylic acids is 1. The smallest absolute Gasteiger partial charge is 0.223 e. The molecule has 142 valence electrons. The summed E-state index contributed by atoms with van der Waals surface area (Å²) in [4.78, 5) is 19.8. The van der Waals surface area contributed by atoms with Gasteiger partial charge in [-0.15, -0.1) is 5.10 Å². The van der Waals surface area contributed by atoms with Crippen molar-refractivity contribution in [1.29, 1.82) is 0 Å². The molecule has 1 atom stereocenters. The largest absolute Gasteiger partial charge is 0.333 e. The lowest BCUT2D eigenvalue weighted by molar-refractivity contribution is -0.132. The molecule has 0 N–H and O–H groups in total. The third-order valence-corrected chi connectivity index (χ3v) is 5.18. The van der Waals surface area contributed by atoms with E-state index in [2.05, 4.69) is 40.0 Å². The van der Waals surface area contributed by atoms with Gasteiger partial charge in [0.05, 0.1) is 17.1 Å². The average Bonchev–Trinajstić information content (AvgIpc) is 3.39. The molecule has 3 aromatic rings. The van der Waals surface area contributed by atoms with Gasteiger partial charge < -0.3 is 9.47 Å². The van der Waals surface area contributed by atoms with Gasteiger partial charge in [0.25, 0.3) is 0 Å². The molecule has 1 aromatic carbocycles. The normalized spacial score (nSPS) is 17.3. The number of imidazole rings is 1. The van der Waals surface area contributed by atoms with Gasteiger partial charge in [0.2, 0.25) is 5.91 Å². The number of fused-ring (bicyclic) bond motifs is 1. The predicted molar refractivity (Wildman–Crippen MR) is 101 cm³/mol. The fraction of sp³-hybridized carbons (Fsp3) is 0.526. The second kappa shape index (κ2) is 7.46. The summed E-state index contributed by atoms with van der Waals surface area (Å²) >= 11 is 0. The van der Waals surface area contributed by atoms with Crippen molar-refractivity contribution >= 4 is 16.9 Å². The van der Waals surface area contributed by atoms with Crippen LogP contribution in [0.25, 0.3) is 11.0 Å². The number of aryl methyl sites for hydroxylation is 1. The van der Waals surface area contributed by atoms with Crippen molar-refractivity contribution in [3.63, 3.8) is 0 Å². The zero-order valence-corrected chi connectivity index (χ0v) is 15.8. The van der Waals surface area contributed by atoms with E-state index < -0.39 is 0 Å². The molecule has 27 heavy (non-hydrogen) atoms. The Morgan fingerprint density at radius 3 is 2.93 bits per heavy atom. The summed E-state index contributed by atoms with van der Waals surface area (Å²) in [6.45, 7) is 5.80. The van der Waals surface area contributed by atoms with E-state index in [4.69, 9.17) is 4.98 Å². The van der Waals surface area contributed by atoms with Crippen LogP contribution in [-0.4, -0.2) is 47.1 Å². The monoisotopic (exact) mass is 367 g/mol. The summed E-state index contributed by atoms with van der Waals surface area (Å²) in [5.74, 6) is 1.20. The zero-order valence-electron chi connectivity index (χ0n) is 15.8. The van der Waals surface area contributed by atoms with Gasteiger partial charge >= 0.3 is 0 Å². The number of hydrogen-bond acceptors (Lipinski definition) is 5. The highest BCUT2D eigenvalue weighted by Crippen LogP contribution is 2.35. The van der Waals surface area contributed by atoms with Crippen LogP contribution in [-0.2, 0) is 11.3 Å². The van der Waals surface area contributed by atoms with Gasteiger partial charge in [0.1, 0.15) is 12.2 Å². The number of aromatic nitrogens is 6. The van der Waals surface area contributed by atoms with Crippen LogP contribution in [0.3, 0.4) is 0 Å². The minimum absolute atomic E-state index is 0.0559. The summed E-state index contributed by atoms with van der Waals surface area (Å²) in [6, 6.07) is 8.57. The summed E-state index contributed by atoms with van der Waals surface area (Å²) in [5.41, 5.74) is 2.14. The van der Waals surface area contributed by atoms with Gasteiger partial charge in [-0.2, -0.15) is 0 Å². The van der Waals surface area contributed by atoms with E-state index in [1.807, 2.05) is 23.1 Å². The predicted octanol–water partition coefficient (Wildman–Crippen LogP) is 2.75. The maximum atomic E-state index is 12.9. The second-order valence-electron chi connectivity index (χ2n) is 7.34. The molecule has 8 heteroatoms. The second-order valence-corrected chi connectivity index (χ2v) is 7.34. The molecule has 1 aliphatic heterocycles. The van der Waals surface area contributed by atoms with Crippen molar-refractivity contribution in [1.82, 2.24) is 34.7 Å².